The van der Waals surface area contributed by atoms with Crippen LogP contribution >= 0.6 is 12.4 Å². The van der Waals surface area contributed by atoms with E-state index in [1.807, 2.05) is 12.1 Å². The summed E-state index contributed by atoms with van der Waals surface area (Å²) in [7, 11) is 0. The molecule has 23 heavy (non-hydrogen) atoms. The fourth-order valence-electron chi connectivity index (χ4n) is 2.79. The molecule has 1 aliphatic rings. The third-order valence-corrected chi connectivity index (χ3v) is 3.98. The second-order valence-electron chi connectivity index (χ2n) is 5.46. The summed E-state index contributed by atoms with van der Waals surface area (Å²) in [5, 5.41) is 3.35. The number of halogens is 5. The molecule has 0 aromatic heterocycles. The van der Waals surface area contributed by atoms with E-state index >= 15 is 0 Å². The van der Waals surface area contributed by atoms with E-state index in [1.54, 1.807) is 12.1 Å². The van der Waals surface area contributed by atoms with Gasteiger partial charge in [-0.3, -0.25) is 0 Å². The monoisotopic (exact) mass is 345 g/mol. The smallest absolute Gasteiger partial charge is 0.310 e. The van der Waals surface area contributed by atoms with Crippen molar-refractivity contribution in [2.24, 2.45) is 0 Å². The molecule has 0 spiro atoms. The lowest BCUT2D eigenvalue weighted by molar-refractivity contribution is -0.137. The zero-order valence-electron chi connectivity index (χ0n) is 12.2. The van der Waals surface area contributed by atoms with Gasteiger partial charge in [0.1, 0.15) is 5.82 Å². The predicted octanol–water partition coefficient (Wildman–Crippen LogP) is 5.36. The number of benzene rings is 2. The largest absolute Gasteiger partial charge is 0.416 e. The summed E-state index contributed by atoms with van der Waals surface area (Å²) >= 11 is 0. The molecule has 1 nitrogen and oxygen atoms in total. The van der Waals surface area contributed by atoms with E-state index in [2.05, 4.69) is 5.32 Å². The van der Waals surface area contributed by atoms with Gasteiger partial charge in [-0.05, 0) is 48.7 Å². The molecule has 0 bridgehead atoms. The Hall–Kier alpha value is -1.59. The van der Waals surface area contributed by atoms with Crippen LogP contribution in [0.5, 0.6) is 0 Å². The minimum Gasteiger partial charge on any atom is -0.310 e. The summed E-state index contributed by atoms with van der Waals surface area (Å²) in [6.45, 7) is 0.967. The second kappa shape index (κ2) is 6.89. The second-order valence-corrected chi connectivity index (χ2v) is 5.46. The van der Waals surface area contributed by atoms with Crippen molar-refractivity contribution in [2.45, 2.75) is 25.1 Å². The number of nitrogens with one attached hydrogen (secondary N) is 1. The molecule has 0 amide bonds. The van der Waals surface area contributed by atoms with Gasteiger partial charge in [0.05, 0.1) is 5.56 Å². The first-order chi connectivity index (χ1) is 10.4. The van der Waals surface area contributed by atoms with Gasteiger partial charge in [-0.2, -0.15) is 13.2 Å². The van der Waals surface area contributed by atoms with Crippen LogP contribution in [-0.2, 0) is 6.18 Å². The lowest BCUT2D eigenvalue weighted by atomic mass is 9.98. The van der Waals surface area contributed by atoms with Crippen molar-refractivity contribution in [3.05, 3.63) is 59.4 Å². The number of hydrogen-bond donors (Lipinski definition) is 1. The number of hydrogen-bond acceptors (Lipinski definition) is 1. The Morgan fingerprint density at radius 3 is 2.26 bits per heavy atom. The Morgan fingerprint density at radius 1 is 1.00 bits per heavy atom. The zero-order valence-corrected chi connectivity index (χ0v) is 13.0. The number of rotatable bonds is 2. The van der Waals surface area contributed by atoms with Crippen molar-refractivity contribution in [3.63, 3.8) is 0 Å². The van der Waals surface area contributed by atoms with Crippen LogP contribution in [0, 0.1) is 5.82 Å². The van der Waals surface area contributed by atoms with Crippen LogP contribution in [0.1, 0.15) is 30.0 Å². The summed E-state index contributed by atoms with van der Waals surface area (Å²) in [4.78, 5) is 0. The molecule has 1 fully saturated rings. The van der Waals surface area contributed by atoms with Crippen molar-refractivity contribution in [1.29, 1.82) is 0 Å². The Balaban J connectivity index is 0.00000192. The van der Waals surface area contributed by atoms with Crippen molar-refractivity contribution >= 4 is 12.4 Å². The maximum atomic E-state index is 13.9. The van der Waals surface area contributed by atoms with E-state index in [4.69, 9.17) is 0 Å². The molecule has 1 atom stereocenters. The van der Waals surface area contributed by atoms with Gasteiger partial charge in [0, 0.05) is 11.6 Å². The highest BCUT2D eigenvalue weighted by molar-refractivity contribution is 5.85. The maximum absolute atomic E-state index is 13.9. The molecular formula is C17H16ClF4N. The van der Waals surface area contributed by atoms with Crippen molar-refractivity contribution in [1.82, 2.24) is 5.32 Å². The Morgan fingerprint density at radius 2 is 1.70 bits per heavy atom. The van der Waals surface area contributed by atoms with Gasteiger partial charge >= 0.3 is 6.18 Å². The van der Waals surface area contributed by atoms with Crippen LogP contribution in [0.25, 0.3) is 11.1 Å². The van der Waals surface area contributed by atoms with Crippen LogP contribution in [0.2, 0.25) is 0 Å². The summed E-state index contributed by atoms with van der Waals surface area (Å²) in [5.41, 5.74) is 0.658. The minimum atomic E-state index is -4.48. The topological polar surface area (TPSA) is 12.0 Å². The molecule has 6 heteroatoms. The summed E-state index contributed by atoms with van der Waals surface area (Å²) < 4.78 is 52.1. The van der Waals surface area contributed by atoms with Crippen LogP contribution in [0.4, 0.5) is 17.6 Å². The van der Waals surface area contributed by atoms with Gasteiger partial charge in [0.15, 0.2) is 0 Å². The quantitative estimate of drug-likeness (QED) is 0.723. The highest BCUT2D eigenvalue weighted by Crippen LogP contribution is 2.34. The normalized spacial score (nSPS) is 17.8. The Labute approximate surface area is 138 Å². The van der Waals surface area contributed by atoms with Gasteiger partial charge in [0.2, 0.25) is 0 Å². The molecule has 0 radical (unpaired) electrons. The highest BCUT2D eigenvalue weighted by atomic mass is 35.5. The van der Waals surface area contributed by atoms with Crippen LogP contribution < -0.4 is 5.32 Å². The first-order valence-electron chi connectivity index (χ1n) is 7.15. The maximum Gasteiger partial charge on any atom is 0.416 e. The van der Waals surface area contributed by atoms with E-state index in [9.17, 15) is 17.6 Å². The lowest BCUT2D eigenvalue weighted by Crippen LogP contribution is -2.12. The van der Waals surface area contributed by atoms with E-state index in [0.29, 0.717) is 5.56 Å². The average Bonchev–Trinajstić information content (AvgIpc) is 3.01. The average molecular weight is 346 g/mol. The standard InChI is InChI=1S/C17H15F4N.ClH/c18-15-8-7-13(17(19,20)21)10-14(15)11-3-5-12(6-4-11)16-2-1-9-22-16;/h3-8,10,16,22H,1-2,9H2;1H. The molecule has 1 saturated heterocycles. The third-order valence-electron chi connectivity index (χ3n) is 3.98. The van der Waals surface area contributed by atoms with Gasteiger partial charge in [0.25, 0.3) is 0 Å². The van der Waals surface area contributed by atoms with Gasteiger partial charge in [-0.1, -0.05) is 24.3 Å². The summed E-state index contributed by atoms with van der Waals surface area (Å²) in [6.07, 6.45) is -2.33. The molecule has 1 aliphatic heterocycles. The van der Waals surface area contributed by atoms with Crippen LogP contribution in [-0.4, -0.2) is 6.54 Å². The first-order valence-corrected chi connectivity index (χ1v) is 7.15. The fraction of sp³-hybridized carbons (Fsp3) is 0.294. The summed E-state index contributed by atoms with van der Waals surface area (Å²) in [5.74, 6) is -0.653. The molecule has 0 aliphatic carbocycles. The Bertz CT molecular complexity index is 661. The number of alkyl halides is 3. The van der Waals surface area contributed by atoms with E-state index in [1.165, 1.54) is 0 Å². The Kier molecular flexibility index (Phi) is 5.32. The lowest BCUT2D eigenvalue weighted by Gasteiger charge is -2.13. The molecule has 1 N–H and O–H groups in total. The van der Waals surface area contributed by atoms with Crippen LogP contribution in [0.3, 0.4) is 0 Å². The van der Waals surface area contributed by atoms with E-state index in [0.717, 1.165) is 43.1 Å². The SMILES string of the molecule is Cl.Fc1ccc(C(F)(F)F)cc1-c1ccc(C2CCCN2)cc1. The van der Waals surface area contributed by atoms with Crippen molar-refractivity contribution < 1.29 is 17.6 Å². The summed E-state index contributed by atoms with van der Waals surface area (Å²) in [6, 6.07) is 9.80. The van der Waals surface area contributed by atoms with Crippen LogP contribution in [0.15, 0.2) is 42.5 Å². The molecule has 124 valence electrons. The molecule has 1 heterocycles. The van der Waals surface area contributed by atoms with E-state index < -0.39 is 17.6 Å². The zero-order chi connectivity index (χ0) is 15.7. The molecule has 3 rings (SSSR count). The molecular weight excluding hydrogens is 330 g/mol. The highest BCUT2D eigenvalue weighted by Gasteiger charge is 2.31. The van der Waals surface area contributed by atoms with Gasteiger partial charge in [-0.15, -0.1) is 12.4 Å². The van der Waals surface area contributed by atoms with Crippen molar-refractivity contribution in [2.75, 3.05) is 6.54 Å². The predicted molar refractivity (Wildman–Crippen MR) is 84.1 cm³/mol. The molecule has 0 saturated carbocycles. The fourth-order valence-corrected chi connectivity index (χ4v) is 2.79. The first kappa shape index (κ1) is 17.8. The molecule has 2 aromatic carbocycles. The van der Waals surface area contributed by atoms with Gasteiger partial charge in [-0.25, -0.2) is 4.39 Å². The molecule has 2 aromatic rings. The minimum absolute atomic E-state index is 0. The third kappa shape index (κ3) is 3.85. The van der Waals surface area contributed by atoms with E-state index in [-0.39, 0.29) is 24.0 Å². The van der Waals surface area contributed by atoms with Gasteiger partial charge < -0.3 is 5.32 Å². The molecule has 1 unspecified atom stereocenters. The van der Waals surface area contributed by atoms with Crippen molar-refractivity contribution in [3.8, 4) is 11.1 Å².